The van der Waals surface area contributed by atoms with E-state index in [1.54, 1.807) is 18.2 Å². The normalized spacial score (nSPS) is 18.6. The highest BCUT2D eigenvalue weighted by molar-refractivity contribution is 6.24. The quantitative estimate of drug-likeness (QED) is 0.762. The maximum Gasteiger partial charge on any atom is 0.335 e. The number of rotatable bonds is 2. The molecular formula is C11H11ClO2. The highest BCUT2D eigenvalue weighted by Gasteiger charge is 2.36. The lowest BCUT2D eigenvalue weighted by molar-refractivity contribution is 0.0696. The number of halogens is 1. The first-order valence-electron chi connectivity index (χ1n) is 4.65. The van der Waals surface area contributed by atoms with E-state index in [2.05, 4.69) is 0 Å². The van der Waals surface area contributed by atoms with Gasteiger partial charge in [0, 0.05) is 0 Å². The van der Waals surface area contributed by atoms with Crippen molar-refractivity contribution in [3.8, 4) is 0 Å². The highest BCUT2D eigenvalue weighted by atomic mass is 35.5. The van der Waals surface area contributed by atoms with Crippen LogP contribution in [0.25, 0.3) is 0 Å². The lowest BCUT2D eigenvalue weighted by Crippen LogP contribution is -2.27. The molecule has 0 spiro atoms. The van der Waals surface area contributed by atoms with Crippen molar-refractivity contribution in [3.05, 3.63) is 35.4 Å². The highest BCUT2D eigenvalue weighted by Crippen LogP contribution is 2.47. The molecule has 1 saturated carbocycles. The molecule has 1 aliphatic carbocycles. The van der Waals surface area contributed by atoms with Gasteiger partial charge in [-0.1, -0.05) is 12.1 Å². The Morgan fingerprint density at radius 2 is 2.14 bits per heavy atom. The van der Waals surface area contributed by atoms with Crippen LogP contribution in [0, 0.1) is 0 Å². The summed E-state index contributed by atoms with van der Waals surface area (Å²) >= 11 is 6.32. The Kier molecular flexibility index (Phi) is 2.23. The Labute approximate surface area is 87.5 Å². The average molecular weight is 211 g/mol. The Morgan fingerprint density at radius 1 is 1.43 bits per heavy atom. The largest absolute Gasteiger partial charge is 0.478 e. The zero-order valence-corrected chi connectivity index (χ0v) is 8.42. The van der Waals surface area contributed by atoms with Gasteiger partial charge >= 0.3 is 5.97 Å². The monoisotopic (exact) mass is 210 g/mol. The van der Waals surface area contributed by atoms with E-state index in [4.69, 9.17) is 16.7 Å². The smallest absolute Gasteiger partial charge is 0.335 e. The summed E-state index contributed by atoms with van der Waals surface area (Å²) in [6.07, 6.45) is 3.01. The molecule has 14 heavy (non-hydrogen) atoms. The van der Waals surface area contributed by atoms with Crippen LogP contribution in [0.15, 0.2) is 24.3 Å². The van der Waals surface area contributed by atoms with E-state index in [-0.39, 0.29) is 4.87 Å². The first kappa shape index (κ1) is 9.53. The number of hydrogen-bond donors (Lipinski definition) is 1. The zero-order chi connectivity index (χ0) is 10.2. The summed E-state index contributed by atoms with van der Waals surface area (Å²) in [5.74, 6) is -0.897. The Bertz CT molecular complexity index is 369. The van der Waals surface area contributed by atoms with Crippen molar-refractivity contribution >= 4 is 17.6 Å². The van der Waals surface area contributed by atoms with Gasteiger partial charge in [0.05, 0.1) is 10.4 Å². The van der Waals surface area contributed by atoms with Crippen LogP contribution in [-0.4, -0.2) is 11.1 Å². The Hall–Kier alpha value is -1.02. The summed E-state index contributed by atoms with van der Waals surface area (Å²) in [5, 5.41) is 8.82. The fourth-order valence-electron chi connectivity index (χ4n) is 1.71. The SMILES string of the molecule is O=C(O)c1cccc(C2(Cl)CCC2)c1. The maximum absolute atomic E-state index is 10.7. The molecule has 1 aromatic rings. The summed E-state index contributed by atoms with van der Waals surface area (Å²) in [6.45, 7) is 0. The van der Waals surface area contributed by atoms with Crippen LogP contribution in [0.5, 0.6) is 0 Å². The van der Waals surface area contributed by atoms with Crippen LogP contribution in [0.1, 0.15) is 35.2 Å². The van der Waals surface area contributed by atoms with Gasteiger partial charge < -0.3 is 5.11 Å². The fourth-order valence-corrected chi connectivity index (χ4v) is 2.09. The summed E-state index contributed by atoms with van der Waals surface area (Å²) in [5.41, 5.74) is 1.25. The summed E-state index contributed by atoms with van der Waals surface area (Å²) < 4.78 is 0. The van der Waals surface area contributed by atoms with Crippen molar-refractivity contribution in [2.45, 2.75) is 24.1 Å². The van der Waals surface area contributed by atoms with Gasteiger partial charge in [-0.3, -0.25) is 0 Å². The molecule has 0 aromatic heterocycles. The van der Waals surface area contributed by atoms with E-state index in [1.165, 1.54) is 0 Å². The zero-order valence-electron chi connectivity index (χ0n) is 7.66. The molecule has 1 N–H and O–H groups in total. The van der Waals surface area contributed by atoms with E-state index in [9.17, 15) is 4.79 Å². The standard InChI is InChI=1S/C11H11ClO2/c12-11(5-2-6-11)9-4-1-3-8(7-9)10(13)14/h1,3-4,7H,2,5-6H2,(H,13,14). The van der Waals surface area contributed by atoms with Crippen molar-refractivity contribution in [2.24, 2.45) is 0 Å². The molecule has 1 fully saturated rings. The number of carboxylic acids is 1. The van der Waals surface area contributed by atoms with Gasteiger partial charge in [-0.25, -0.2) is 4.79 Å². The Morgan fingerprint density at radius 3 is 2.64 bits per heavy atom. The first-order chi connectivity index (χ1) is 6.62. The second-order valence-corrected chi connectivity index (χ2v) is 4.43. The van der Waals surface area contributed by atoms with Gasteiger partial charge in [0.25, 0.3) is 0 Å². The molecule has 0 bridgehead atoms. The van der Waals surface area contributed by atoms with Crippen LogP contribution in [0.4, 0.5) is 0 Å². The minimum absolute atomic E-state index is 0.300. The molecule has 2 nitrogen and oxygen atoms in total. The minimum Gasteiger partial charge on any atom is -0.478 e. The molecule has 0 atom stereocenters. The van der Waals surface area contributed by atoms with E-state index in [1.807, 2.05) is 6.07 Å². The number of alkyl halides is 1. The van der Waals surface area contributed by atoms with Crippen LogP contribution in [0.2, 0.25) is 0 Å². The predicted octanol–water partition coefficient (Wildman–Crippen LogP) is 3.00. The van der Waals surface area contributed by atoms with Crippen molar-refractivity contribution in [1.82, 2.24) is 0 Å². The molecule has 0 radical (unpaired) electrons. The minimum atomic E-state index is -0.897. The third kappa shape index (κ3) is 1.50. The second kappa shape index (κ2) is 3.28. The van der Waals surface area contributed by atoms with Gasteiger partial charge in [0.15, 0.2) is 0 Å². The van der Waals surface area contributed by atoms with E-state index >= 15 is 0 Å². The molecule has 2 rings (SSSR count). The molecule has 0 saturated heterocycles. The molecule has 0 unspecified atom stereocenters. The molecule has 0 aliphatic heterocycles. The number of aromatic carboxylic acids is 1. The molecule has 0 amide bonds. The van der Waals surface area contributed by atoms with Gasteiger partial charge in [-0.2, -0.15) is 0 Å². The maximum atomic E-state index is 10.7. The first-order valence-corrected chi connectivity index (χ1v) is 5.02. The lowest BCUT2D eigenvalue weighted by Gasteiger charge is -2.36. The van der Waals surface area contributed by atoms with E-state index in [0.29, 0.717) is 5.56 Å². The summed E-state index contributed by atoms with van der Waals surface area (Å²) in [4.78, 5) is 10.4. The molecule has 74 valence electrons. The molecule has 1 aromatic carbocycles. The van der Waals surface area contributed by atoms with Crippen LogP contribution < -0.4 is 0 Å². The number of carbonyl (C=O) groups is 1. The summed E-state index contributed by atoms with van der Waals surface area (Å²) in [7, 11) is 0. The molecule has 3 heteroatoms. The van der Waals surface area contributed by atoms with Crippen LogP contribution >= 0.6 is 11.6 Å². The van der Waals surface area contributed by atoms with Gasteiger partial charge in [-0.05, 0) is 37.0 Å². The second-order valence-electron chi connectivity index (χ2n) is 3.70. The molecular weight excluding hydrogens is 200 g/mol. The van der Waals surface area contributed by atoms with Crippen molar-refractivity contribution in [3.63, 3.8) is 0 Å². The van der Waals surface area contributed by atoms with Crippen molar-refractivity contribution in [1.29, 1.82) is 0 Å². The molecule has 0 heterocycles. The summed E-state index contributed by atoms with van der Waals surface area (Å²) in [6, 6.07) is 6.92. The van der Waals surface area contributed by atoms with Gasteiger partial charge in [0.2, 0.25) is 0 Å². The number of carboxylic acid groups (broad SMARTS) is 1. The van der Waals surface area contributed by atoms with Gasteiger partial charge in [0.1, 0.15) is 0 Å². The Balaban J connectivity index is 2.35. The van der Waals surface area contributed by atoms with Crippen molar-refractivity contribution < 1.29 is 9.90 Å². The number of benzene rings is 1. The third-order valence-corrected chi connectivity index (χ3v) is 3.37. The van der Waals surface area contributed by atoms with E-state index < -0.39 is 5.97 Å². The van der Waals surface area contributed by atoms with Crippen LogP contribution in [0.3, 0.4) is 0 Å². The lowest BCUT2D eigenvalue weighted by atomic mass is 9.78. The third-order valence-electron chi connectivity index (χ3n) is 2.77. The molecule has 1 aliphatic rings. The number of hydrogen-bond acceptors (Lipinski definition) is 1. The predicted molar refractivity (Wildman–Crippen MR) is 54.8 cm³/mol. The van der Waals surface area contributed by atoms with Crippen LogP contribution in [-0.2, 0) is 4.87 Å². The fraction of sp³-hybridized carbons (Fsp3) is 0.364. The topological polar surface area (TPSA) is 37.3 Å². The average Bonchev–Trinajstić information content (AvgIpc) is 2.14. The van der Waals surface area contributed by atoms with E-state index in [0.717, 1.165) is 24.8 Å². The van der Waals surface area contributed by atoms with Crippen molar-refractivity contribution in [2.75, 3.05) is 0 Å². The van der Waals surface area contributed by atoms with Gasteiger partial charge in [-0.15, -0.1) is 11.6 Å².